The van der Waals surface area contributed by atoms with Crippen LogP contribution in [0, 0.1) is 0 Å². The van der Waals surface area contributed by atoms with Crippen molar-refractivity contribution in [1.29, 1.82) is 0 Å². The maximum absolute atomic E-state index is 12.6. The fraction of sp³-hybridized carbons (Fsp3) is 0.222. The number of halogens is 1. The van der Waals surface area contributed by atoms with Crippen molar-refractivity contribution in [2.75, 3.05) is 23.3 Å². The van der Waals surface area contributed by atoms with Gasteiger partial charge in [0.2, 0.25) is 0 Å². The van der Waals surface area contributed by atoms with Crippen LogP contribution in [0.15, 0.2) is 41.2 Å². The molecular weight excluding hydrogens is 340 g/mol. The van der Waals surface area contributed by atoms with Gasteiger partial charge in [-0.3, -0.25) is 4.79 Å². The van der Waals surface area contributed by atoms with E-state index in [1.807, 2.05) is 6.07 Å². The number of imidazole rings is 1. The molecule has 0 unspecified atom stereocenters. The number of aromatic amines is 2. The monoisotopic (exact) mass is 356 g/mol. The molecule has 7 heteroatoms. The number of rotatable bonds is 3. The number of carbonyl (C=O) groups is 1. The maximum atomic E-state index is 12.6. The van der Waals surface area contributed by atoms with Crippen LogP contribution in [0.3, 0.4) is 0 Å². The number of aromatic nitrogens is 2. The molecule has 3 aromatic rings. The maximum Gasteiger partial charge on any atom is 0.323 e. The van der Waals surface area contributed by atoms with E-state index in [0.717, 1.165) is 37.1 Å². The average molecular weight is 357 g/mol. The van der Waals surface area contributed by atoms with Crippen molar-refractivity contribution < 1.29 is 4.79 Å². The van der Waals surface area contributed by atoms with Gasteiger partial charge in [0.15, 0.2) is 0 Å². The summed E-state index contributed by atoms with van der Waals surface area (Å²) in [6.45, 7) is 1.85. The van der Waals surface area contributed by atoms with E-state index in [1.54, 1.807) is 30.3 Å². The molecule has 0 radical (unpaired) electrons. The summed E-state index contributed by atoms with van der Waals surface area (Å²) < 4.78 is 0. The van der Waals surface area contributed by atoms with E-state index >= 15 is 0 Å². The van der Waals surface area contributed by atoms with Crippen LogP contribution in [-0.2, 0) is 0 Å². The first kappa shape index (κ1) is 15.8. The molecule has 1 fully saturated rings. The second kappa shape index (κ2) is 6.29. The lowest BCUT2D eigenvalue weighted by Gasteiger charge is -2.22. The summed E-state index contributed by atoms with van der Waals surface area (Å²) in [5, 5.41) is 3.35. The number of nitrogens with zero attached hydrogens (tertiary/aromatic N) is 1. The number of hydrogen-bond donors (Lipinski definition) is 3. The first-order valence-corrected chi connectivity index (χ1v) is 8.56. The molecular formula is C18H17ClN4O2. The fourth-order valence-corrected chi connectivity index (χ4v) is 3.45. The van der Waals surface area contributed by atoms with E-state index in [-0.39, 0.29) is 11.6 Å². The molecule has 0 bridgehead atoms. The van der Waals surface area contributed by atoms with Gasteiger partial charge in [-0.2, -0.15) is 0 Å². The lowest BCUT2D eigenvalue weighted by Crippen LogP contribution is -2.21. The highest BCUT2D eigenvalue weighted by Crippen LogP contribution is 2.32. The SMILES string of the molecule is O=C(Nc1cc2[nH]c(=O)[nH]c2cc1N1CCCC1)c1ccccc1Cl. The molecule has 1 saturated heterocycles. The number of nitrogens with one attached hydrogen (secondary N) is 3. The normalized spacial score (nSPS) is 14.2. The number of fused-ring (bicyclic) bond motifs is 1. The molecule has 1 aliphatic rings. The summed E-state index contributed by atoms with van der Waals surface area (Å²) in [6, 6.07) is 10.6. The lowest BCUT2D eigenvalue weighted by molar-refractivity contribution is 0.102. The number of hydrogen-bond acceptors (Lipinski definition) is 3. The van der Waals surface area contributed by atoms with Gasteiger partial charge in [0, 0.05) is 13.1 Å². The number of carbonyl (C=O) groups excluding carboxylic acids is 1. The van der Waals surface area contributed by atoms with Crippen LogP contribution in [0.25, 0.3) is 11.0 Å². The van der Waals surface area contributed by atoms with Crippen LogP contribution in [-0.4, -0.2) is 29.0 Å². The van der Waals surface area contributed by atoms with E-state index in [0.29, 0.717) is 21.8 Å². The topological polar surface area (TPSA) is 81.0 Å². The summed E-state index contributed by atoms with van der Waals surface area (Å²) in [5.74, 6) is -0.275. The van der Waals surface area contributed by atoms with Crippen molar-refractivity contribution >= 4 is 39.9 Å². The van der Waals surface area contributed by atoms with Crippen LogP contribution in [0.1, 0.15) is 23.2 Å². The van der Waals surface area contributed by atoms with Crippen molar-refractivity contribution in [2.45, 2.75) is 12.8 Å². The van der Waals surface area contributed by atoms with Crippen molar-refractivity contribution in [2.24, 2.45) is 0 Å². The molecule has 0 saturated carbocycles. The minimum absolute atomic E-state index is 0.267. The Kier molecular flexibility index (Phi) is 3.97. The van der Waals surface area contributed by atoms with Crippen molar-refractivity contribution in [3.05, 3.63) is 57.5 Å². The minimum Gasteiger partial charge on any atom is -0.370 e. The number of amides is 1. The van der Waals surface area contributed by atoms with Crippen LogP contribution in [0.5, 0.6) is 0 Å². The molecule has 1 aromatic heterocycles. The third-order valence-electron chi connectivity index (χ3n) is 4.45. The number of benzene rings is 2. The Labute approximate surface area is 148 Å². The molecule has 0 aliphatic carbocycles. The largest absolute Gasteiger partial charge is 0.370 e. The fourth-order valence-electron chi connectivity index (χ4n) is 3.23. The van der Waals surface area contributed by atoms with Gasteiger partial charge < -0.3 is 20.2 Å². The van der Waals surface area contributed by atoms with Crippen molar-refractivity contribution in [1.82, 2.24) is 9.97 Å². The molecule has 2 heterocycles. The predicted octanol–water partition coefficient (Wildman–Crippen LogP) is 3.36. The van der Waals surface area contributed by atoms with Crippen LogP contribution in [0.2, 0.25) is 5.02 Å². The molecule has 25 heavy (non-hydrogen) atoms. The highest BCUT2D eigenvalue weighted by Gasteiger charge is 2.20. The Morgan fingerprint density at radius 1 is 1.08 bits per heavy atom. The molecule has 1 amide bonds. The Hall–Kier alpha value is -2.73. The summed E-state index contributed by atoms with van der Waals surface area (Å²) in [6.07, 6.45) is 2.22. The van der Waals surface area contributed by atoms with Gasteiger partial charge in [-0.1, -0.05) is 23.7 Å². The molecule has 128 valence electrons. The zero-order valence-corrected chi connectivity index (χ0v) is 14.2. The third-order valence-corrected chi connectivity index (χ3v) is 4.78. The van der Waals surface area contributed by atoms with Crippen LogP contribution in [0.4, 0.5) is 11.4 Å². The lowest BCUT2D eigenvalue weighted by atomic mass is 10.1. The molecule has 6 nitrogen and oxygen atoms in total. The minimum atomic E-state index is -0.275. The summed E-state index contributed by atoms with van der Waals surface area (Å²) in [4.78, 5) is 32.0. The highest BCUT2D eigenvalue weighted by atomic mass is 35.5. The van der Waals surface area contributed by atoms with Crippen LogP contribution < -0.4 is 15.9 Å². The van der Waals surface area contributed by atoms with Gasteiger partial charge in [0.1, 0.15) is 0 Å². The van der Waals surface area contributed by atoms with E-state index in [4.69, 9.17) is 11.6 Å². The Bertz CT molecular complexity index is 1000. The molecule has 1 aliphatic heterocycles. The smallest absolute Gasteiger partial charge is 0.323 e. The summed E-state index contributed by atoms with van der Waals surface area (Å²) in [7, 11) is 0. The van der Waals surface area contributed by atoms with E-state index in [9.17, 15) is 9.59 Å². The Balaban J connectivity index is 1.76. The second-order valence-electron chi connectivity index (χ2n) is 6.12. The predicted molar refractivity (Wildman–Crippen MR) is 99.8 cm³/mol. The van der Waals surface area contributed by atoms with Crippen molar-refractivity contribution in [3.63, 3.8) is 0 Å². The number of anilines is 2. The van der Waals surface area contributed by atoms with Gasteiger partial charge in [-0.05, 0) is 37.1 Å². The van der Waals surface area contributed by atoms with Gasteiger partial charge in [-0.15, -0.1) is 0 Å². The van der Waals surface area contributed by atoms with Gasteiger partial charge in [-0.25, -0.2) is 4.79 Å². The number of H-pyrrole nitrogens is 2. The molecule has 0 spiro atoms. The third kappa shape index (κ3) is 3.00. The Morgan fingerprint density at radius 3 is 2.48 bits per heavy atom. The van der Waals surface area contributed by atoms with Gasteiger partial charge in [0.05, 0.1) is 33.0 Å². The molecule has 2 aromatic carbocycles. The van der Waals surface area contributed by atoms with Crippen LogP contribution >= 0.6 is 11.6 Å². The van der Waals surface area contributed by atoms with E-state index < -0.39 is 0 Å². The standard InChI is InChI=1S/C18H17ClN4O2/c19-12-6-2-1-5-11(12)17(24)20-15-9-13-14(22-18(25)21-13)10-16(15)23-7-3-4-8-23/h1-2,5-6,9-10H,3-4,7-8H2,(H,20,24)(H2,21,22,25). The second-order valence-corrected chi connectivity index (χ2v) is 6.53. The molecule has 4 rings (SSSR count). The molecule has 3 N–H and O–H groups in total. The summed E-state index contributed by atoms with van der Waals surface area (Å²) >= 11 is 6.13. The zero-order chi connectivity index (χ0) is 17.4. The van der Waals surface area contributed by atoms with Gasteiger partial charge in [0.25, 0.3) is 5.91 Å². The summed E-state index contributed by atoms with van der Waals surface area (Å²) in [5.41, 5.74) is 3.09. The highest BCUT2D eigenvalue weighted by molar-refractivity contribution is 6.34. The van der Waals surface area contributed by atoms with E-state index in [2.05, 4.69) is 20.2 Å². The molecule has 0 atom stereocenters. The first-order valence-electron chi connectivity index (χ1n) is 8.19. The quantitative estimate of drug-likeness (QED) is 0.673. The Morgan fingerprint density at radius 2 is 1.76 bits per heavy atom. The average Bonchev–Trinajstić information content (AvgIpc) is 3.22. The van der Waals surface area contributed by atoms with E-state index in [1.165, 1.54) is 0 Å². The van der Waals surface area contributed by atoms with Gasteiger partial charge >= 0.3 is 5.69 Å². The zero-order valence-electron chi connectivity index (χ0n) is 13.4. The first-order chi connectivity index (χ1) is 12.1. The van der Waals surface area contributed by atoms with Crippen molar-refractivity contribution in [3.8, 4) is 0 Å².